The first-order valence-electron chi connectivity index (χ1n) is 7.34. The second-order valence-corrected chi connectivity index (χ2v) is 5.90. The summed E-state index contributed by atoms with van der Waals surface area (Å²) in [7, 11) is 0. The highest BCUT2D eigenvalue weighted by molar-refractivity contribution is 6.30. The maximum atomic E-state index is 10.1. The Labute approximate surface area is 133 Å². The van der Waals surface area contributed by atoms with Crippen LogP contribution in [-0.4, -0.2) is 42.4 Å². The van der Waals surface area contributed by atoms with Gasteiger partial charge in [0.25, 0.3) is 0 Å². The number of aliphatic hydroxyl groups excluding tert-OH is 1. The van der Waals surface area contributed by atoms with Crippen LogP contribution in [0.4, 0.5) is 0 Å². The van der Waals surface area contributed by atoms with Gasteiger partial charge in [0.2, 0.25) is 0 Å². The number of halogens is 1. The lowest BCUT2D eigenvalue weighted by Gasteiger charge is -2.24. The number of likely N-dealkylation sites (N-methyl/N-ethyl adjacent to an activating group) is 1. The molecule has 2 atom stereocenters. The monoisotopic (exact) mass is 311 g/mol. The van der Waals surface area contributed by atoms with Gasteiger partial charge in [-0.1, -0.05) is 42.8 Å². The summed E-state index contributed by atoms with van der Waals surface area (Å²) in [5.74, 6) is 0. The maximum Gasteiger partial charge on any atom is 0.0900 e. The van der Waals surface area contributed by atoms with Gasteiger partial charge in [-0.25, -0.2) is 0 Å². The normalized spacial score (nSPS) is 14.2. The second kappa shape index (κ2) is 9.21. The molecule has 0 saturated heterocycles. The van der Waals surface area contributed by atoms with Crippen LogP contribution in [0.25, 0.3) is 0 Å². The molecule has 118 valence electrons. The van der Waals surface area contributed by atoms with E-state index in [4.69, 9.17) is 16.3 Å². The van der Waals surface area contributed by atoms with Crippen LogP contribution in [0.5, 0.6) is 0 Å². The largest absolute Gasteiger partial charge is 0.389 e. The summed E-state index contributed by atoms with van der Waals surface area (Å²) < 4.78 is 5.74. The predicted octanol–water partition coefficient (Wildman–Crippen LogP) is 3.68. The molecule has 0 aromatic heterocycles. The van der Waals surface area contributed by atoms with Crippen molar-refractivity contribution in [3.63, 3.8) is 0 Å². The molecule has 0 amide bonds. The third-order valence-electron chi connectivity index (χ3n) is 3.29. The third-order valence-corrected chi connectivity index (χ3v) is 3.54. The number of ether oxygens (including phenoxy) is 1. The van der Waals surface area contributed by atoms with Crippen LogP contribution in [0, 0.1) is 0 Å². The minimum Gasteiger partial charge on any atom is -0.389 e. The van der Waals surface area contributed by atoms with Crippen LogP contribution in [-0.2, 0) is 4.74 Å². The average molecular weight is 312 g/mol. The number of rotatable bonds is 9. The minimum atomic E-state index is -0.501. The van der Waals surface area contributed by atoms with Gasteiger partial charge in [0.1, 0.15) is 0 Å². The van der Waals surface area contributed by atoms with E-state index in [1.165, 1.54) is 0 Å². The number of hydrogen-bond acceptors (Lipinski definition) is 3. The Morgan fingerprint density at radius 3 is 2.52 bits per heavy atom. The quantitative estimate of drug-likeness (QED) is 0.706. The lowest BCUT2D eigenvalue weighted by atomic mass is 10.1. The molecule has 0 radical (unpaired) electrons. The summed E-state index contributed by atoms with van der Waals surface area (Å²) in [6.07, 6.45) is -0.563. The van der Waals surface area contributed by atoms with E-state index in [0.29, 0.717) is 18.2 Å². The highest BCUT2D eigenvalue weighted by Gasteiger charge is 2.13. The van der Waals surface area contributed by atoms with E-state index in [-0.39, 0.29) is 6.10 Å². The van der Waals surface area contributed by atoms with E-state index in [1.807, 2.05) is 38.1 Å². The van der Waals surface area contributed by atoms with Crippen LogP contribution < -0.4 is 0 Å². The number of hydrogen-bond donors (Lipinski definition) is 1. The molecule has 1 aromatic carbocycles. The zero-order chi connectivity index (χ0) is 15.8. The van der Waals surface area contributed by atoms with Gasteiger partial charge in [0, 0.05) is 18.1 Å². The standard InChI is InChI=1S/C17H26ClNO2/c1-5-19(10-13(2)3)11-17(20)12-21-14(4)15-6-8-16(18)9-7-15/h6-9,14,17,20H,2,5,10-12H2,1,3-4H3. The van der Waals surface area contributed by atoms with Crippen molar-refractivity contribution in [2.24, 2.45) is 0 Å². The molecule has 1 aromatic rings. The molecular weight excluding hydrogens is 286 g/mol. The molecule has 1 N–H and O–H groups in total. The maximum absolute atomic E-state index is 10.1. The van der Waals surface area contributed by atoms with Gasteiger partial charge < -0.3 is 9.84 Å². The molecule has 0 aliphatic carbocycles. The smallest absolute Gasteiger partial charge is 0.0900 e. The molecule has 0 heterocycles. The van der Waals surface area contributed by atoms with Gasteiger partial charge in [0.05, 0.1) is 18.8 Å². The van der Waals surface area contributed by atoms with Gasteiger partial charge in [-0.2, -0.15) is 0 Å². The second-order valence-electron chi connectivity index (χ2n) is 5.47. The van der Waals surface area contributed by atoms with Gasteiger partial charge in [0.15, 0.2) is 0 Å². The van der Waals surface area contributed by atoms with Gasteiger partial charge in [-0.15, -0.1) is 0 Å². The van der Waals surface area contributed by atoms with E-state index in [2.05, 4.69) is 18.4 Å². The SMILES string of the molecule is C=C(C)CN(CC)CC(O)COC(C)c1ccc(Cl)cc1. The first-order chi connectivity index (χ1) is 9.92. The molecule has 0 saturated carbocycles. The topological polar surface area (TPSA) is 32.7 Å². The van der Waals surface area contributed by atoms with Gasteiger partial charge in [-0.3, -0.25) is 4.90 Å². The lowest BCUT2D eigenvalue weighted by molar-refractivity contribution is -0.0142. The van der Waals surface area contributed by atoms with Crippen molar-refractivity contribution in [2.45, 2.75) is 33.0 Å². The molecule has 3 nitrogen and oxygen atoms in total. The lowest BCUT2D eigenvalue weighted by Crippen LogP contribution is -2.36. The molecule has 4 heteroatoms. The molecule has 21 heavy (non-hydrogen) atoms. The van der Waals surface area contributed by atoms with E-state index < -0.39 is 6.10 Å². The molecule has 0 aliphatic rings. The molecule has 0 spiro atoms. The van der Waals surface area contributed by atoms with Crippen LogP contribution in [0.3, 0.4) is 0 Å². The number of aliphatic hydroxyl groups is 1. The first kappa shape index (κ1) is 18.2. The molecule has 0 bridgehead atoms. The molecular formula is C17H26ClNO2. The van der Waals surface area contributed by atoms with Gasteiger partial charge >= 0.3 is 0 Å². The summed E-state index contributed by atoms with van der Waals surface area (Å²) in [4.78, 5) is 2.16. The Kier molecular flexibility index (Phi) is 7.97. The van der Waals surface area contributed by atoms with Crippen LogP contribution in [0.1, 0.15) is 32.4 Å². The van der Waals surface area contributed by atoms with E-state index in [9.17, 15) is 5.11 Å². The predicted molar refractivity (Wildman–Crippen MR) is 88.8 cm³/mol. The van der Waals surface area contributed by atoms with Crippen molar-refractivity contribution >= 4 is 11.6 Å². The van der Waals surface area contributed by atoms with E-state index in [0.717, 1.165) is 24.2 Å². The number of benzene rings is 1. The van der Waals surface area contributed by atoms with Crippen molar-refractivity contribution in [3.05, 3.63) is 47.0 Å². The van der Waals surface area contributed by atoms with Crippen LogP contribution in [0.15, 0.2) is 36.4 Å². The van der Waals surface area contributed by atoms with E-state index >= 15 is 0 Å². The van der Waals surface area contributed by atoms with Crippen molar-refractivity contribution in [1.82, 2.24) is 4.90 Å². The molecule has 2 unspecified atom stereocenters. The zero-order valence-corrected chi connectivity index (χ0v) is 13.9. The summed E-state index contributed by atoms with van der Waals surface area (Å²) in [6.45, 7) is 12.6. The van der Waals surface area contributed by atoms with Gasteiger partial charge in [-0.05, 0) is 38.1 Å². The Morgan fingerprint density at radius 1 is 1.38 bits per heavy atom. The molecule has 0 fully saturated rings. The summed E-state index contributed by atoms with van der Waals surface area (Å²) >= 11 is 5.87. The Morgan fingerprint density at radius 2 is 2.00 bits per heavy atom. The molecule has 1 rings (SSSR count). The van der Waals surface area contributed by atoms with E-state index in [1.54, 1.807) is 0 Å². The first-order valence-corrected chi connectivity index (χ1v) is 7.72. The van der Waals surface area contributed by atoms with Crippen molar-refractivity contribution < 1.29 is 9.84 Å². The highest BCUT2D eigenvalue weighted by atomic mass is 35.5. The summed E-state index contributed by atoms with van der Waals surface area (Å²) in [5, 5.41) is 10.8. The highest BCUT2D eigenvalue weighted by Crippen LogP contribution is 2.19. The summed E-state index contributed by atoms with van der Waals surface area (Å²) in [6, 6.07) is 7.58. The minimum absolute atomic E-state index is 0.0619. The fourth-order valence-corrected chi connectivity index (χ4v) is 2.25. The van der Waals surface area contributed by atoms with Crippen molar-refractivity contribution in [2.75, 3.05) is 26.2 Å². The Balaban J connectivity index is 2.39. The number of nitrogens with zero attached hydrogens (tertiary/aromatic N) is 1. The van der Waals surface area contributed by atoms with Crippen LogP contribution >= 0.6 is 11.6 Å². The average Bonchev–Trinajstić information content (AvgIpc) is 2.44. The molecule has 0 aliphatic heterocycles. The zero-order valence-electron chi connectivity index (χ0n) is 13.2. The third kappa shape index (κ3) is 7.09. The fraction of sp³-hybridized carbons (Fsp3) is 0.529. The Hall–Kier alpha value is -0.870. The Bertz CT molecular complexity index is 433. The summed E-state index contributed by atoms with van der Waals surface area (Å²) in [5.41, 5.74) is 2.15. The fourth-order valence-electron chi connectivity index (χ4n) is 2.12. The van der Waals surface area contributed by atoms with Crippen molar-refractivity contribution in [1.29, 1.82) is 0 Å². The van der Waals surface area contributed by atoms with Crippen molar-refractivity contribution in [3.8, 4) is 0 Å². The van der Waals surface area contributed by atoms with Crippen LogP contribution in [0.2, 0.25) is 5.02 Å².